The molecular formula is C19H18ClN3O2. The molecule has 0 spiro atoms. The first-order valence-electron chi connectivity index (χ1n) is 7.96. The van der Waals surface area contributed by atoms with Crippen molar-refractivity contribution >= 4 is 34.1 Å². The minimum atomic E-state index is -0.0684. The number of nitrogens with one attached hydrogen (secondary N) is 2. The number of aromatic hydroxyl groups is 1. The average molecular weight is 356 g/mol. The fourth-order valence-electron chi connectivity index (χ4n) is 2.54. The van der Waals surface area contributed by atoms with Crippen LogP contribution in [-0.4, -0.2) is 22.5 Å². The average Bonchev–Trinajstić information content (AvgIpc) is 2.63. The van der Waals surface area contributed by atoms with Gasteiger partial charge in [0.25, 0.3) is 0 Å². The summed E-state index contributed by atoms with van der Waals surface area (Å²) in [4.78, 5) is 16.1. The number of aromatic nitrogens is 1. The number of hydrogen-bond acceptors (Lipinski definition) is 4. The first kappa shape index (κ1) is 17.2. The molecule has 3 N–H and O–H groups in total. The molecule has 6 heteroatoms. The van der Waals surface area contributed by atoms with Gasteiger partial charge >= 0.3 is 0 Å². The molecule has 3 aromatic rings. The second-order valence-corrected chi connectivity index (χ2v) is 6.01. The summed E-state index contributed by atoms with van der Waals surface area (Å²) in [5.41, 5.74) is 1.91. The second kappa shape index (κ2) is 7.96. The van der Waals surface area contributed by atoms with Crippen molar-refractivity contribution in [3.05, 3.63) is 65.3 Å². The number of rotatable bonds is 6. The zero-order chi connectivity index (χ0) is 17.6. The van der Waals surface area contributed by atoms with Crippen LogP contribution >= 0.6 is 11.6 Å². The lowest BCUT2D eigenvalue weighted by atomic mass is 10.1. The van der Waals surface area contributed by atoms with Crippen LogP contribution in [0.3, 0.4) is 0 Å². The van der Waals surface area contributed by atoms with Gasteiger partial charge in [0.2, 0.25) is 5.91 Å². The molecule has 0 radical (unpaired) electrons. The molecule has 128 valence electrons. The largest absolute Gasteiger partial charge is 0.505 e. The fourth-order valence-corrected chi connectivity index (χ4v) is 2.83. The van der Waals surface area contributed by atoms with Crippen LogP contribution in [-0.2, 0) is 11.3 Å². The maximum Gasteiger partial charge on any atom is 0.225 e. The molecule has 0 saturated carbocycles. The summed E-state index contributed by atoms with van der Waals surface area (Å²) in [6, 6.07) is 14.6. The number of para-hydroxylation sites is 1. The number of anilines is 1. The molecule has 0 unspecified atom stereocenters. The van der Waals surface area contributed by atoms with Crippen molar-refractivity contribution < 1.29 is 9.90 Å². The lowest BCUT2D eigenvalue weighted by molar-refractivity contribution is -0.116. The van der Waals surface area contributed by atoms with Crippen molar-refractivity contribution in [1.82, 2.24) is 10.3 Å². The predicted molar refractivity (Wildman–Crippen MR) is 99.8 cm³/mol. The Balaban J connectivity index is 1.55. The van der Waals surface area contributed by atoms with Crippen LogP contribution in [0.4, 0.5) is 5.69 Å². The molecule has 2 aromatic carbocycles. The Morgan fingerprint density at radius 2 is 1.96 bits per heavy atom. The van der Waals surface area contributed by atoms with Gasteiger partial charge in [-0.1, -0.05) is 29.8 Å². The number of pyridine rings is 1. The zero-order valence-electron chi connectivity index (χ0n) is 13.5. The van der Waals surface area contributed by atoms with Crippen LogP contribution in [0.25, 0.3) is 10.9 Å². The molecule has 5 nitrogen and oxygen atoms in total. The molecule has 0 aliphatic carbocycles. The van der Waals surface area contributed by atoms with Crippen molar-refractivity contribution in [1.29, 1.82) is 0 Å². The lowest BCUT2D eigenvalue weighted by Crippen LogP contribution is -2.21. The Hall–Kier alpha value is -2.63. The molecule has 0 bridgehead atoms. The van der Waals surface area contributed by atoms with Gasteiger partial charge in [-0.15, -0.1) is 0 Å². The number of fused-ring (bicyclic) bond motifs is 1. The number of carbonyl (C=O) groups is 1. The van der Waals surface area contributed by atoms with Gasteiger partial charge in [-0.05, 0) is 30.3 Å². The van der Waals surface area contributed by atoms with Crippen molar-refractivity contribution in [3.63, 3.8) is 0 Å². The molecule has 1 heterocycles. The van der Waals surface area contributed by atoms with Gasteiger partial charge in [0.15, 0.2) is 0 Å². The summed E-state index contributed by atoms with van der Waals surface area (Å²) in [5.74, 6) is 0.0439. The monoisotopic (exact) mass is 355 g/mol. The number of amides is 1. The van der Waals surface area contributed by atoms with Crippen LogP contribution in [0.1, 0.15) is 12.0 Å². The number of hydrogen-bond donors (Lipinski definition) is 3. The van der Waals surface area contributed by atoms with Crippen molar-refractivity contribution in [3.8, 4) is 5.75 Å². The number of carbonyl (C=O) groups excluding carboxylic acids is 1. The highest BCUT2D eigenvalue weighted by Gasteiger charge is 2.11. The van der Waals surface area contributed by atoms with E-state index in [4.69, 9.17) is 11.6 Å². The molecular weight excluding hydrogens is 338 g/mol. The molecule has 1 amide bonds. The van der Waals surface area contributed by atoms with E-state index in [1.807, 2.05) is 36.4 Å². The molecule has 0 aliphatic heterocycles. The van der Waals surface area contributed by atoms with Crippen LogP contribution < -0.4 is 10.6 Å². The summed E-state index contributed by atoms with van der Waals surface area (Å²) in [6.07, 6.45) is 1.94. The van der Waals surface area contributed by atoms with E-state index < -0.39 is 0 Å². The van der Waals surface area contributed by atoms with Crippen LogP contribution in [0.15, 0.2) is 54.7 Å². The molecule has 0 aliphatic rings. The number of halogens is 1. The highest BCUT2D eigenvalue weighted by atomic mass is 35.5. The van der Waals surface area contributed by atoms with Gasteiger partial charge < -0.3 is 15.7 Å². The van der Waals surface area contributed by atoms with Gasteiger partial charge in [0, 0.05) is 42.3 Å². The van der Waals surface area contributed by atoms with E-state index in [1.165, 1.54) is 0 Å². The third-order valence-corrected chi connectivity index (χ3v) is 4.11. The molecule has 0 atom stereocenters. The summed E-state index contributed by atoms with van der Waals surface area (Å²) in [5, 5.41) is 17.6. The Labute approximate surface area is 150 Å². The van der Waals surface area contributed by atoms with Gasteiger partial charge in [-0.3, -0.25) is 9.78 Å². The molecule has 0 fully saturated rings. The number of nitrogens with zero attached hydrogens (tertiary/aromatic N) is 1. The summed E-state index contributed by atoms with van der Waals surface area (Å²) in [6.45, 7) is 0.882. The molecule has 1 aromatic heterocycles. The smallest absolute Gasteiger partial charge is 0.225 e. The standard InChI is InChI=1S/C19H18ClN3O2/c20-16-11-13(19(25)18-15(16)7-4-9-22-18)12-21-10-8-17(24)23-14-5-2-1-3-6-14/h1-7,9,11,21,25H,8,10,12H2,(H,23,24). The van der Waals surface area contributed by atoms with Crippen molar-refractivity contribution in [2.75, 3.05) is 11.9 Å². The highest BCUT2D eigenvalue weighted by molar-refractivity contribution is 6.35. The highest BCUT2D eigenvalue weighted by Crippen LogP contribution is 2.32. The van der Waals surface area contributed by atoms with E-state index in [0.717, 1.165) is 5.69 Å². The Morgan fingerprint density at radius 3 is 2.76 bits per heavy atom. The first-order valence-corrected chi connectivity index (χ1v) is 8.33. The van der Waals surface area contributed by atoms with Crippen LogP contribution in [0, 0.1) is 0 Å². The van der Waals surface area contributed by atoms with E-state index in [1.54, 1.807) is 18.3 Å². The quantitative estimate of drug-likeness (QED) is 0.589. The summed E-state index contributed by atoms with van der Waals surface area (Å²) >= 11 is 6.24. The minimum Gasteiger partial charge on any atom is -0.505 e. The van der Waals surface area contributed by atoms with Gasteiger partial charge in [0.1, 0.15) is 11.3 Å². The van der Waals surface area contributed by atoms with Crippen molar-refractivity contribution in [2.24, 2.45) is 0 Å². The number of benzene rings is 2. The molecule has 3 rings (SSSR count). The predicted octanol–water partition coefficient (Wildman–Crippen LogP) is 3.71. The van der Waals surface area contributed by atoms with Crippen LogP contribution in [0.2, 0.25) is 5.02 Å². The Morgan fingerprint density at radius 1 is 1.16 bits per heavy atom. The Bertz CT molecular complexity index is 884. The normalized spacial score (nSPS) is 10.8. The zero-order valence-corrected chi connectivity index (χ0v) is 14.3. The maximum absolute atomic E-state index is 11.9. The lowest BCUT2D eigenvalue weighted by Gasteiger charge is -2.10. The summed E-state index contributed by atoms with van der Waals surface area (Å²) < 4.78 is 0. The topological polar surface area (TPSA) is 74.2 Å². The second-order valence-electron chi connectivity index (χ2n) is 5.61. The van der Waals surface area contributed by atoms with E-state index in [0.29, 0.717) is 41.0 Å². The van der Waals surface area contributed by atoms with Gasteiger partial charge in [-0.25, -0.2) is 0 Å². The van der Waals surface area contributed by atoms with E-state index in [-0.39, 0.29) is 11.7 Å². The van der Waals surface area contributed by atoms with E-state index in [2.05, 4.69) is 15.6 Å². The fraction of sp³-hybridized carbons (Fsp3) is 0.158. The SMILES string of the molecule is O=C(CCNCc1cc(Cl)c2cccnc2c1O)Nc1ccccc1. The van der Waals surface area contributed by atoms with Gasteiger partial charge in [0.05, 0.1) is 5.02 Å². The minimum absolute atomic E-state index is 0.0684. The molecule has 25 heavy (non-hydrogen) atoms. The van der Waals surface area contributed by atoms with E-state index in [9.17, 15) is 9.90 Å². The first-order chi connectivity index (χ1) is 12.1. The maximum atomic E-state index is 11.9. The number of phenols is 1. The molecule has 0 saturated heterocycles. The van der Waals surface area contributed by atoms with Gasteiger partial charge in [-0.2, -0.15) is 0 Å². The summed E-state index contributed by atoms with van der Waals surface area (Å²) in [7, 11) is 0. The number of phenolic OH excluding ortho intramolecular Hbond substituents is 1. The van der Waals surface area contributed by atoms with E-state index >= 15 is 0 Å². The third-order valence-electron chi connectivity index (χ3n) is 3.80. The third kappa shape index (κ3) is 4.26. The van der Waals surface area contributed by atoms with Crippen molar-refractivity contribution in [2.45, 2.75) is 13.0 Å². The van der Waals surface area contributed by atoms with Crippen LogP contribution in [0.5, 0.6) is 5.75 Å². The Kier molecular flexibility index (Phi) is 5.48.